The Balaban J connectivity index is 2.31. The normalized spacial score (nSPS) is 42.1. The van der Waals surface area contributed by atoms with Crippen LogP contribution in [0.15, 0.2) is 0 Å². The van der Waals surface area contributed by atoms with Gasteiger partial charge in [0.15, 0.2) is 0 Å². The Labute approximate surface area is 118 Å². The van der Waals surface area contributed by atoms with E-state index in [9.17, 15) is 18.0 Å². The number of halogens is 4. The molecule has 18 heavy (non-hydrogen) atoms. The van der Waals surface area contributed by atoms with E-state index in [-0.39, 0.29) is 9.34 Å². The summed E-state index contributed by atoms with van der Waals surface area (Å²) < 4.78 is 42.3. The van der Waals surface area contributed by atoms with Crippen LogP contribution in [-0.2, 0) is 9.53 Å². The van der Waals surface area contributed by atoms with Crippen LogP contribution in [0.2, 0.25) is 0 Å². The molecule has 0 aromatic rings. The summed E-state index contributed by atoms with van der Waals surface area (Å²) in [5.74, 6) is -2.05. The van der Waals surface area contributed by atoms with Gasteiger partial charge in [-0.3, -0.25) is 0 Å². The molecule has 0 radical (unpaired) electrons. The first-order chi connectivity index (χ1) is 7.96. The molecule has 0 N–H and O–H groups in total. The second-order valence-corrected chi connectivity index (χ2v) is 7.60. The Morgan fingerprint density at radius 1 is 1.28 bits per heavy atom. The quantitative estimate of drug-likeness (QED) is 0.395. The summed E-state index contributed by atoms with van der Waals surface area (Å²) in [6, 6.07) is 0. The number of fused-ring (bicyclic) bond motifs is 2. The van der Waals surface area contributed by atoms with Crippen LogP contribution in [0.4, 0.5) is 13.2 Å². The molecule has 3 atom stereocenters. The first kappa shape index (κ1) is 14.4. The summed E-state index contributed by atoms with van der Waals surface area (Å²) >= 11 is 2.27. The average molecular weight is 376 g/mol. The predicted octanol–water partition coefficient (Wildman–Crippen LogP) is 3.86. The van der Waals surface area contributed by atoms with Gasteiger partial charge in [0.1, 0.15) is 5.60 Å². The fourth-order valence-corrected chi connectivity index (χ4v) is 5.28. The lowest BCUT2D eigenvalue weighted by Crippen LogP contribution is -2.46. The molecule has 2 bridgehead atoms. The topological polar surface area (TPSA) is 26.3 Å². The van der Waals surface area contributed by atoms with Gasteiger partial charge in [-0.15, -0.1) is 0 Å². The fraction of sp³-hybridized carbons (Fsp3) is 0.917. The molecule has 2 aliphatic rings. The van der Waals surface area contributed by atoms with Crippen molar-refractivity contribution in [3.05, 3.63) is 0 Å². The van der Waals surface area contributed by atoms with Crippen molar-refractivity contribution in [1.29, 1.82) is 0 Å². The van der Waals surface area contributed by atoms with Gasteiger partial charge in [-0.2, -0.15) is 13.2 Å². The molecule has 2 rings (SSSR count). The summed E-state index contributed by atoms with van der Waals surface area (Å²) in [4.78, 5) is 11.2. The van der Waals surface area contributed by atoms with Gasteiger partial charge in [0.25, 0.3) is 0 Å². The van der Waals surface area contributed by atoms with Crippen molar-refractivity contribution in [3.8, 4) is 0 Å². The number of hydrogen-bond donors (Lipinski definition) is 0. The second-order valence-electron chi connectivity index (χ2n) is 6.10. The third kappa shape index (κ3) is 1.63. The largest absolute Gasteiger partial charge is 0.490 e. The van der Waals surface area contributed by atoms with Gasteiger partial charge in [0, 0.05) is 15.8 Å². The van der Waals surface area contributed by atoms with E-state index in [1.807, 2.05) is 13.8 Å². The number of carbonyl (C=O) groups excluding carboxylic acids is 1. The fourth-order valence-electron chi connectivity index (χ4n) is 3.48. The maximum atomic E-state index is 12.4. The zero-order valence-corrected chi connectivity index (χ0v) is 12.7. The molecule has 2 saturated carbocycles. The molecule has 2 aliphatic carbocycles. The maximum absolute atomic E-state index is 12.4. The van der Waals surface area contributed by atoms with Crippen molar-refractivity contribution in [2.75, 3.05) is 0 Å². The number of rotatable bonds is 1. The van der Waals surface area contributed by atoms with Gasteiger partial charge in [0.2, 0.25) is 0 Å². The van der Waals surface area contributed by atoms with Crippen LogP contribution in [0, 0.1) is 10.8 Å². The van der Waals surface area contributed by atoms with E-state index in [0.717, 1.165) is 6.42 Å². The molecular formula is C12H16F3IO2. The summed E-state index contributed by atoms with van der Waals surface area (Å²) in [7, 11) is 0. The Hall–Kier alpha value is -0.0100. The highest BCUT2D eigenvalue weighted by molar-refractivity contribution is 14.1. The zero-order valence-electron chi connectivity index (χ0n) is 10.5. The molecule has 0 saturated heterocycles. The zero-order chi connectivity index (χ0) is 14.0. The molecule has 0 heterocycles. The Morgan fingerprint density at radius 2 is 1.83 bits per heavy atom. The molecule has 2 fully saturated rings. The third-order valence-electron chi connectivity index (χ3n) is 5.33. The van der Waals surface area contributed by atoms with Crippen LogP contribution in [0.25, 0.3) is 0 Å². The number of hydrogen-bond acceptors (Lipinski definition) is 2. The molecule has 6 heteroatoms. The summed E-state index contributed by atoms with van der Waals surface area (Å²) in [5.41, 5.74) is -1.45. The van der Waals surface area contributed by atoms with Crippen LogP contribution >= 0.6 is 22.6 Å². The molecular weight excluding hydrogens is 360 g/mol. The van der Waals surface area contributed by atoms with E-state index in [1.165, 1.54) is 0 Å². The molecule has 2 nitrogen and oxygen atoms in total. The van der Waals surface area contributed by atoms with Crippen molar-refractivity contribution < 1.29 is 22.7 Å². The van der Waals surface area contributed by atoms with Crippen LogP contribution in [0.5, 0.6) is 0 Å². The first-order valence-corrected chi connectivity index (χ1v) is 7.15. The van der Waals surface area contributed by atoms with Crippen molar-refractivity contribution in [2.24, 2.45) is 10.8 Å². The van der Waals surface area contributed by atoms with E-state index in [4.69, 9.17) is 4.74 Å². The minimum atomic E-state index is -4.91. The Bertz CT molecular complexity index is 393. The molecule has 0 unspecified atom stereocenters. The van der Waals surface area contributed by atoms with Crippen LogP contribution in [0.3, 0.4) is 0 Å². The lowest BCUT2D eigenvalue weighted by molar-refractivity contribution is -0.221. The highest BCUT2D eigenvalue weighted by atomic mass is 127. The van der Waals surface area contributed by atoms with Crippen molar-refractivity contribution in [3.63, 3.8) is 0 Å². The van der Waals surface area contributed by atoms with E-state index < -0.39 is 23.2 Å². The van der Waals surface area contributed by atoms with Crippen LogP contribution in [-0.4, -0.2) is 21.7 Å². The lowest BCUT2D eigenvalue weighted by atomic mass is 9.70. The van der Waals surface area contributed by atoms with Gasteiger partial charge < -0.3 is 4.74 Å². The summed E-state index contributed by atoms with van der Waals surface area (Å²) in [6.45, 7) is 5.92. The van der Waals surface area contributed by atoms with Gasteiger partial charge in [-0.25, -0.2) is 4.79 Å². The van der Waals surface area contributed by atoms with Gasteiger partial charge >= 0.3 is 12.1 Å². The Kier molecular flexibility index (Phi) is 3.01. The first-order valence-electron chi connectivity index (χ1n) is 5.91. The van der Waals surface area contributed by atoms with Crippen LogP contribution in [0.1, 0.15) is 40.0 Å². The molecule has 104 valence electrons. The number of alkyl halides is 4. The minimum absolute atomic E-state index is 0.0700. The standard InChI is InChI=1S/C12H16F3IO2/c1-9(2)10(3)4-5-11(9,6-7(10)16)18-8(17)12(13,14)15/h7H,4-6H2,1-3H3/t7-,10+,11+/m0/s1. The second kappa shape index (κ2) is 3.76. The monoisotopic (exact) mass is 376 g/mol. The summed E-state index contributed by atoms with van der Waals surface area (Å²) in [5, 5.41) is 0. The minimum Gasteiger partial charge on any atom is -0.452 e. The molecule has 0 aromatic carbocycles. The third-order valence-corrected chi connectivity index (χ3v) is 7.15. The van der Waals surface area contributed by atoms with Crippen molar-refractivity contribution in [1.82, 2.24) is 0 Å². The number of ether oxygens (including phenoxy) is 1. The molecule has 0 aromatic heterocycles. The van der Waals surface area contributed by atoms with Gasteiger partial charge in [-0.1, -0.05) is 43.4 Å². The smallest absolute Gasteiger partial charge is 0.452 e. The summed E-state index contributed by atoms with van der Waals surface area (Å²) in [6.07, 6.45) is -3.07. The van der Waals surface area contributed by atoms with E-state index >= 15 is 0 Å². The number of carbonyl (C=O) groups is 1. The van der Waals surface area contributed by atoms with E-state index in [1.54, 1.807) is 0 Å². The molecule has 0 amide bonds. The van der Waals surface area contributed by atoms with Crippen molar-refractivity contribution >= 4 is 28.6 Å². The predicted molar refractivity (Wildman–Crippen MR) is 68.4 cm³/mol. The lowest BCUT2D eigenvalue weighted by Gasteiger charge is -2.40. The van der Waals surface area contributed by atoms with Gasteiger partial charge in [0.05, 0.1) is 0 Å². The molecule has 0 aliphatic heterocycles. The molecule has 0 spiro atoms. The van der Waals surface area contributed by atoms with Gasteiger partial charge in [-0.05, 0) is 18.3 Å². The van der Waals surface area contributed by atoms with Crippen molar-refractivity contribution in [2.45, 2.75) is 55.7 Å². The van der Waals surface area contributed by atoms with E-state index in [2.05, 4.69) is 29.5 Å². The average Bonchev–Trinajstić information content (AvgIpc) is 2.46. The highest BCUT2D eigenvalue weighted by Gasteiger charge is 2.71. The van der Waals surface area contributed by atoms with E-state index in [0.29, 0.717) is 12.8 Å². The van der Waals surface area contributed by atoms with Crippen LogP contribution < -0.4 is 0 Å². The highest BCUT2D eigenvalue weighted by Crippen LogP contribution is 2.70. The Morgan fingerprint density at radius 3 is 2.17 bits per heavy atom. The maximum Gasteiger partial charge on any atom is 0.490 e. The number of esters is 1. The SMILES string of the molecule is CC1(C)[C@@]2(OC(=O)C(F)(F)F)CC[C@]1(C)[C@@H](I)C2.